The van der Waals surface area contributed by atoms with Gasteiger partial charge in [0, 0.05) is 25.9 Å². The van der Waals surface area contributed by atoms with Crippen molar-refractivity contribution in [2.24, 2.45) is 0 Å². The van der Waals surface area contributed by atoms with Gasteiger partial charge < -0.3 is 9.64 Å². The maximum absolute atomic E-state index is 9.25. The number of hydrogen-bond donors (Lipinski definition) is 0. The van der Waals surface area contributed by atoms with Gasteiger partial charge in [0.1, 0.15) is 6.07 Å². The van der Waals surface area contributed by atoms with Gasteiger partial charge in [0.25, 0.3) is 0 Å². The van der Waals surface area contributed by atoms with E-state index in [1.807, 2.05) is 27.0 Å². The average Bonchev–Trinajstić information content (AvgIpc) is 2.80. The van der Waals surface area contributed by atoms with Gasteiger partial charge in [-0.05, 0) is 32.8 Å². The van der Waals surface area contributed by atoms with Crippen molar-refractivity contribution in [2.45, 2.75) is 32.8 Å². The summed E-state index contributed by atoms with van der Waals surface area (Å²) in [5.41, 5.74) is 3.37. The van der Waals surface area contributed by atoms with E-state index in [9.17, 15) is 5.26 Å². The van der Waals surface area contributed by atoms with Gasteiger partial charge in [0.2, 0.25) is 0 Å². The number of ether oxygens (including phenoxy) is 1. The molecule has 0 aliphatic carbocycles. The second kappa shape index (κ2) is 5.36. The maximum Gasteiger partial charge on any atom is 0.103 e. The normalized spacial score (nSPS) is 18.7. The van der Waals surface area contributed by atoms with Gasteiger partial charge in [0.05, 0.1) is 23.0 Å². The molecule has 18 heavy (non-hydrogen) atoms. The topological polar surface area (TPSA) is 49.1 Å². The van der Waals surface area contributed by atoms with E-state index in [1.165, 1.54) is 0 Å². The predicted molar refractivity (Wildman–Crippen MR) is 70.7 cm³/mol. The van der Waals surface area contributed by atoms with Crippen molar-refractivity contribution < 1.29 is 4.74 Å². The van der Waals surface area contributed by atoms with Crippen LogP contribution in [0.2, 0.25) is 0 Å². The van der Waals surface area contributed by atoms with Gasteiger partial charge in [-0.1, -0.05) is 0 Å². The van der Waals surface area contributed by atoms with Crippen molar-refractivity contribution >= 4 is 5.69 Å². The Hall–Kier alpha value is -1.60. The fraction of sp³-hybridized carbons (Fsp3) is 0.571. The average molecular weight is 245 g/mol. The fourth-order valence-corrected chi connectivity index (χ4v) is 2.44. The van der Waals surface area contributed by atoms with Gasteiger partial charge >= 0.3 is 0 Å². The third-order valence-corrected chi connectivity index (χ3v) is 3.33. The van der Waals surface area contributed by atoms with Crippen LogP contribution in [-0.4, -0.2) is 31.3 Å². The molecule has 2 rings (SSSR count). The molecule has 0 radical (unpaired) electrons. The molecule has 1 atom stereocenters. The van der Waals surface area contributed by atoms with Crippen LogP contribution in [0.1, 0.15) is 29.8 Å². The zero-order valence-electron chi connectivity index (χ0n) is 11.2. The van der Waals surface area contributed by atoms with E-state index < -0.39 is 0 Å². The number of pyridine rings is 1. The lowest BCUT2D eigenvalue weighted by Crippen LogP contribution is -2.29. The summed E-state index contributed by atoms with van der Waals surface area (Å²) in [6.07, 6.45) is 2.53. The highest BCUT2D eigenvalue weighted by molar-refractivity contribution is 5.61. The lowest BCUT2D eigenvalue weighted by atomic mass is 10.1. The summed E-state index contributed by atoms with van der Waals surface area (Å²) in [4.78, 5) is 6.45. The van der Waals surface area contributed by atoms with Crippen LogP contribution in [0, 0.1) is 25.2 Å². The number of anilines is 1. The molecule has 4 nitrogen and oxygen atoms in total. The Kier molecular flexibility index (Phi) is 3.83. The highest BCUT2D eigenvalue weighted by Crippen LogP contribution is 2.24. The minimum absolute atomic E-state index is 0.287. The second-order valence-electron chi connectivity index (χ2n) is 4.87. The molecular weight excluding hydrogens is 226 g/mol. The van der Waals surface area contributed by atoms with Gasteiger partial charge in [-0.3, -0.25) is 4.98 Å². The molecule has 1 aliphatic heterocycles. The summed E-state index contributed by atoms with van der Waals surface area (Å²) in [5.74, 6) is 0. The highest BCUT2D eigenvalue weighted by Gasteiger charge is 2.20. The van der Waals surface area contributed by atoms with E-state index in [0.29, 0.717) is 5.56 Å². The number of aromatic nitrogens is 1. The van der Waals surface area contributed by atoms with Gasteiger partial charge in [0.15, 0.2) is 0 Å². The number of rotatable bonds is 3. The molecule has 0 amide bonds. The second-order valence-corrected chi connectivity index (χ2v) is 4.87. The molecule has 1 saturated heterocycles. The van der Waals surface area contributed by atoms with E-state index in [2.05, 4.69) is 16.0 Å². The van der Waals surface area contributed by atoms with Crippen LogP contribution < -0.4 is 4.90 Å². The van der Waals surface area contributed by atoms with Gasteiger partial charge in [-0.2, -0.15) is 5.26 Å². The smallest absolute Gasteiger partial charge is 0.103 e. The van der Waals surface area contributed by atoms with Crippen LogP contribution in [0.5, 0.6) is 0 Å². The summed E-state index contributed by atoms with van der Waals surface area (Å²) in [5, 5.41) is 9.25. The Morgan fingerprint density at radius 1 is 1.56 bits per heavy atom. The molecule has 1 aliphatic rings. The van der Waals surface area contributed by atoms with Crippen LogP contribution in [0.3, 0.4) is 0 Å². The first kappa shape index (κ1) is 12.8. The molecule has 1 unspecified atom stereocenters. The van der Waals surface area contributed by atoms with Crippen molar-refractivity contribution in [1.29, 1.82) is 5.26 Å². The van der Waals surface area contributed by atoms with Crippen molar-refractivity contribution in [3.05, 3.63) is 23.0 Å². The van der Waals surface area contributed by atoms with Crippen molar-refractivity contribution in [2.75, 3.05) is 25.1 Å². The quantitative estimate of drug-likeness (QED) is 0.819. The first-order valence-electron chi connectivity index (χ1n) is 6.33. The molecular formula is C14H19N3O. The summed E-state index contributed by atoms with van der Waals surface area (Å²) < 4.78 is 5.64. The van der Waals surface area contributed by atoms with E-state index in [0.717, 1.165) is 43.1 Å². The standard InChI is InChI=1S/C14H19N3O/c1-10-7-14(13(8-15)11(2)16-10)17(3)9-12-5-4-6-18-12/h7,12H,4-6,9H2,1-3H3. The Labute approximate surface area is 108 Å². The maximum atomic E-state index is 9.25. The molecule has 0 saturated carbocycles. The molecule has 1 aromatic heterocycles. The highest BCUT2D eigenvalue weighted by atomic mass is 16.5. The molecule has 4 heteroatoms. The molecule has 96 valence electrons. The summed E-state index contributed by atoms with van der Waals surface area (Å²) in [7, 11) is 2.01. The van der Waals surface area contributed by atoms with Crippen molar-refractivity contribution in [1.82, 2.24) is 4.98 Å². The molecule has 1 aromatic rings. The zero-order chi connectivity index (χ0) is 13.1. The third kappa shape index (κ3) is 2.62. The molecule has 1 fully saturated rings. The van der Waals surface area contributed by atoms with E-state index in [1.54, 1.807) is 0 Å². The molecule has 0 bridgehead atoms. The van der Waals surface area contributed by atoms with E-state index in [-0.39, 0.29) is 6.10 Å². The first-order chi connectivity index (χ1) is 8.61. The number of aryl methyl sites for hydroxylation is 2. The Morgan fingerprint density at radius 3 is 2.94 bits per heavy atom. The van der Waals surface area contributed by atoms with Crippen LogP contribution >= 0.6 is 0 Å². The minimum Gasteiger partial charge on any atom is -0.376 e. The summed E-state index contributed by atoms with van der Waals surface area (Å²) in [6, 6.07) is 4.22. The fourth-order valence-electron chi connectivity index (χ4n) is 2.44. The number of nitriles is 1. The van der Waals surface area contributed by atoms with Crippen LogP contribution in [0.4, 0.5) is 5.69 Å². The molecule has 0 spiro atoms. The van der Waals surface area contributed by atoms with E-state index in [4.69, 9.17) is 4.74 Å². The Morgan fingerprint density at radius 2 is 2.33 bits per heavy atom. The molecule has 0 aromatic carbocycles. The molecule has 0 N–H and O–H groups in total. The minimum atomic E-state index is 0.287. The van der Waals surface area contributed by atoms with Crippen LogP contribution in [0.25, 0.3) is 0 Å². The van der Waals surface area contributed by atoms with Crippen LogP contribution in [-0.2, 0) is 4.74 Å². The van der Waals surface area contributed by atoms with E-state index >= 15 is 0 Å². The first-order valence-corrected chi connectivity index (χ1v) is 6.33. The van der Waals surface area contributed by atoms with Crippen molar-refractivity contribution in [3.8, 4) is 6.07 Å². The summed E-state index contributed by atoms with van der Waals surface area (Å²) in [6.45, 7) is 5.53. The Balaban J connectivity index is 2.23. The predicted octanol–water partition coefficient (Wildman–Crippen LogP) is 2.19. The molecule has 2 heterocycles. The monoisotopic (exact) mass is 245 g/mol. The third-order valence-electron chi connectivity index (χ3n) is 3.33. The Bertz CT molecular complexity index is 473. The zero-order valence-corrected chi connectivity index (χ0v) is 11.2. The summed E-state index contributed by atoms with van der Waals surface area (Å²) >= 11 is 0. The lowest BCUT2D eigenvalue weighted by molar-refractivity contribution is 0.116. The van der Waals surface area contributed by atoms with Gasteiger partial charge in [-0.25, -0.2) is 0 Å². The van der Waals surface area contributed by atoms with Crippen molar-refractivity contribution in [3.63, 3.8) is 0 Å². The van der Waals surface area contributed by atoms with Gasteiger partial charge in [-0.15, -0.1) is 0 Å². The lowest BCUT2D eigenvalue weighted by Gasteiger charge is -2.24. The number of likely N-dealkylation sites (N-methyl/N-ethyl adjacent to an activating group) is 1. The number of nitrogens with zero attached hydrogens (tertiary/aromatic N) is 3. The van der Waals surface area contributed by atoms with Crippen LogP contribution in [0.15, 0.2) is 6.07 Å². The SMILES string of the molecule is Cc1cc(N(C)CC2CCCO2)c(C#N)c(C)n1. The largest absolute Gasteiger partial charge is 0.376 e. The number of hydrogen-bond acceptors (Lipinski definition) is 4.